The molecule has 1 aliphatic rings. The van der Waals surface area contributed by atoms with Gasteiger partial charge >= 0.3 is 17.6 Å². The summed E-state index contributed by atoms with van der Waals surface area (Å²) in [5.74, 6) is 2.82. The van der Waals surface area contributed by atoms with Gasteiger partial charge in [0.25, 0.3) is 11.5 Å². The number of carbonyl (C=O) groups excluding carboxylic acids is 3. The van der Waals surface area contributed by atoms with Crippen LogP contribution in [0.15, 0.2) is 58.3 Å². The van der Waals surface area contributed by atoms with Gasteiger partial charge in [0.1, 0.15) is 17.9 Å². The predicted molar refractivity (Wildman–Crippen MR) is 129 cm³/mol. The summed E-state index contributed by atoms with van der Waals surface area (Å²) in [6.45, 7) is -0.662. The van der Waals surface area contributed by atoms with Gasteiger partial charge in [-0.05, 0) is 12.1 Å². The lowest BCUT2D eigenvalue weighted by molar-refractivity contribution is -0.161. The number of methoxy groups -OCH3 is 1. The van der Waals surface area contributed by atoms with E-state index < -0.39 is 54.1 Å². The molecule has 13 heteroatoms. The van der Waals surface area contributed by atoms with Crippen LogP contribution in [0, 0.1) is 11.8 Å². The lowest BCUT2D eigenvalue weighted by Gasteiger charge is -2.18. The Kier molecular flexibility index (Phi) is 9.72. The van der Waals surface area contributed by atoms with Crippen LogP contribution in [0.4, 0.5) is 0 Å². The molecule has 13 nitrogen and oxygen atoms in total. The zero-order valence-corrected chi connectivity index (χ0v) is 20.2. The normalized spacial score (nSPS) is 18.4. The zero-order valence-electron chi connectivity index (χ0n) is 20.2. The van der Waals surface area contributed by atoms with Crippen molar-refractivity contribution in [3.63, 3.8) is 0 Å². The van der Waals surface area contributed by atoms with Crippen LogP contribution in [-0.4, -0.2) is 75.1 Å². The minimum atomic E-state index is -0.992. The number of hydrogen-bond acceptors (Lipinski definition) is 10. The topological polar surface area (TPSA) is 177 Å². The second-order valence-electron chi connectivity index (χ2n) is 7.92. The number of rotatable bonds is 7. The highest BCUT2D eigenvalue weighted by Crippen LogP contribution is 2.27. The third-order valence-electron chi connectivity index (χ3n) is 5.34. The van der Waals surface area contributed by atoms with Crippen molar-refractivity contribution in [2.75, 3.05) is 20.3 Å². The fraction of sp³-hybridized carbons (Fsp3) is 0.320. The molecule has 3 N–H and O–H groups in total. The van der Waals surface area contributed by atoms with Crippen LogP contribution < -0.4 is 11.2 Å². The van der Waals surface area contributed by atoms with Gasteiger partial charge in [-0.15, -0.1) is 0 Å². The number of amides is 1. The van der Waals surface area contributed by atoms with E-state index in [-0.39, 0.29) is 30.5 Å². The van der Waals surface area contributed by atoms with Crippen molar-refractivity contribution in [1.82, 2.24) is 14.6 Å². The summed E-state index contributed by atoms with van der Waals surface area (Å²) in [6, 6.07) is 7.91. The maximum atomic E-state index is 12.5. The van der Waals surface area contributed by atoms with Crippen molar-refractivity contribution >= 4 is 17.8 Å². The molecule has 1 fully saturated rings. The standard InChI is InChI=1S/C25H25N3O10/c1-36-22(32)11-10-20(31)28(38-24(34)16-7-3-2-4-8-16)12-6-5-9-17-14-27(25(35)26-23(17)33)21-13-18(30)19(15-29)37-21/h2-4,7-8,10-11,14,18-19,21,29-30H,6,12-13,15H2,1H3,(H,26,33,35)/b11-10+/t18?,19-,21-/m1/s1. The van der Waals surface area contributed by atoms with Gasteiger partial charge in [0, 0.05) is 31.2 Å². The molecule has 0 aliphatic carbocycles. The summed E-state index contributed by atoms with van der Waals surface area (Å²) in [4.78, 5) is 68.0. The number of benzene rings is 1. The minimum absolute atomic E-state index is 0.0208. The number of aromatic nitrogens is 2. The van der Waals surface area contributed by atoms with E-state index in [1.807, 2.05) is 0 Å². The SMILES string of the molecule is COC(=O)/C=C/C(=O)N(CCC#Cc1cn([C@H]2CC(O)[C@@H](CO)O2)c(=O)[nH]c1=O)OC(=O)c1ccccc1. The molecule has 0 radical (unpaired) electrons. The molecule has 3 atom stereocenters. The smallest absolute Gasteiger partial charge is 0.363 e. The second-order valence-corrected chi connectivity index (χ2v) is 7.92. The van der Waals surface area contributed by atoms with Crippen LogP contribution in [-0.2, 0) is 23.9 Å². The maximum absolute atomic E-state index is 12.5. The summed E-state index contributed by atoms with van der Waals surface area (Å²) < 4.78 is 10.9. The maximum Gasteiger partial charge on any atom is 0.363 e. The van der Waals surface area contributed by atoms with Crippen LogP contribution in [0.2, 0.25) is 0 Å². The zero-order chi connectivity index (χ0) is 27.7. The number of H-pyrrole nitrogens is 1. The Bertz CT molecular complexity index is 1370. The lowest BCUT2D eigenvalue weighted by atomic mass is 10.2. The van der Waals surface area contributed by atoms with Crippen LogP contribution in [0.25, 0.3) is 0 Å². The number of esters is 1. The molecule has 0 bridgehead atoms. The van der Waals surface area contributed by atoms with Gasteiger partial charge in [-0.25, -0.2) is 14.4 Å². The first-order chi connectivity index (χ1) is 18.2. The Labute approximate surface area is 215 Å². The first-order valence-corrected chi connectivity index (χ1v) is 11.4. The molecule has 0 spiro atoms. The summed E-state index contributed by atoms with van der Waals surface area (Å²) in [7, 11) is 1.14. The van der Waals surface area contributed by atoms with E-state index in [0.29, 0.717) is 5.06 Å². The lowest BCUT2D eigenvalue weighted by Crippen LogP contribution is -2.34. The van der Waals surface area contributed by atoms with E-state index in [0.717, 1.165) is 23.8 Å². The van der Waals surface area contributed by atoms with Gasteiger partial charge in [0.15, 0.2) is 0 Å². The Morgan fingerprint density at radius 2 is 1.97 bits per heavy atom. The number of ether oxygens (including phenoxy) is 2. The molecule has 1 amide bonds. The fourth-order valence-corrected chi connectivity index (χ4v) is 3.37. The van der Waals surface area contributed by atoms with E-state index in [9.17, 15) is 34.2 Å². The highest BCUT2D eigenvalue weighted by atomic mass is 16.7. The molecule has 2 heterocycles. The average molecular weight is 527 g/mol. The van der Waals surface area contributed by atoms with E-state index in [1.165, 1.54) is 18.3 Å². The molecule has 1 unspecified atom stereocenters. The molecule has 200 valence electrons. The quantitative estimate of drug-likeness (QED) is 0.180. The van der Waals surface area contributed by atoms with Crippen LogP contribution in [0.5, 0.6) is 0 Å². The molecule has 1 aliphatic heterocycles. The Balaban J connectivity index is 1.75. The van der Waals surface area contributed by atoms with Crippen molar-refractivity contribution < 1.29 is 38.9 Å². The van der Waals surface area contributed by atoms with E-state index in [1.54, 1.807) is 18.2 Å². The summed E-state index contributed by atoms with van der Waals surface area (Å²) in [5, 5.41) is 19.9. The third kappa shape index (κ3) is 7.26. The van der Waals surface area contributed by atoms with Gasteiger partial charge < -0.3 is 24.5 Å². The molecule has 3 rings (SSSR count). The van der Waals surface area contributed by atoms with Crippen molar-refractivity contribution in [2.24, 2.45) is 0 Å². The Morgan fingerprint density at radius 1 is 1.24 bits per heavy atom. The highest BCUT2D eigenvalue weighted by Gasteiger charge is 2.35. The molecule has 2 aromatic rings. The second kappa shape index (κ2) is 13.2. The van der Waals surface area contributed by atoms with Crippen LogP contribution in [0.3, 0.4) is 0 Å². The van der Waals surface area contributed by atoms with Crippen molar-refractivity contribution in [3.05, 3.63) is 80.6 Å². The summed E-state index contributed by atoms with van der Waals surface area (Å²) in [6.07, 6.45) is 0.0769. The molecule has 1 aromatic carbocycles. The minimum Gasteiger partial charge on any atom is -0.466 e. The number of nitrogens with one attached hydrogen (secondary N) is 1. The predicted octanol–water partition coefficient (Wildman–Crippen LogP) is -0.751. The van der Waals surface area contributed by atoms with Gasteiger partial charge in [0.05, 0.1) is 31.9 Å². The first kappa shape index (κ1) is 28.1. The van der Waals surface area contributed by atoms with Gasteiger partial charge in [-0.3, -0.25) is 19.1 Å². The Morgan fingerprint density at radius 3 is 2.63 bits per heavy atom. The Hall–Kier alpha value is -4.51. The molecule has 1 saturated heterocycles. The third-order valence-corrected chi connectivity index (χ3v) is 5.34. The number of hydroxylamine groups is 2. The van der Waals surface area contributed by atoms with Crippen molar-refractivity contribution in [2.45, 2.75) is 31.3 Å². The average Bonchev–Trinajstić information content (AvgIpc) is 3.30. The number of nitrogens with zero attached hydrogens (tertiary/aromatic N) is 2. The fourth-order valence-electron chi connectivity index (χ4n) is 3.37. The molecular weight excluding hydrogens is 502 g/mol. The van der Waals surface area contributed by atoms with Gasteiger partial charge in [0.2, 0.25) is 0 Å². The van der Waals surface area contributed by atoms with Crippen molar-refractivity contribution in [3.8, 4) is 11.8 Å². The largest absolute Gasteiger partial charge is 0.466 e. The first-order valence-electron chi connectivity index (χ1n) is 11.4. The number of carbonyl (C=O) groups is 3. The molecule has 38 heavy (non-hydrogen) atoms. The summed E-state index contributed by atoms with van der Waals surface area (Å²) >= 11 is 0. The summed E-state index contributed by atoms with van der Waals surface area (Å²) in [5.41, 5.74) is -1.46. The van der Waals surface area contributed by atoms with Crippen molar-refractivity contribution in [1.29, 1.82) is 0 Å². The number of aliphatic hydroxyl groups is 2. The van der Waals surface area contributed by atoms with Gasteiger partial charge in [-0.2, -0.15) is 5.06 Å². The van der Waals surface area contributed by atoms with Crippen LogP contribution in [0.1, 0.15) is 35.0 Å². The number of hydrogen-bond donors (Lipinski definition) is 3. The molecule has 1 aromatic heterocycles. The number of aromatic amines is 1. The van der Waals surface area contributed by atoms with E-state index in [4.69, 9.17) is 9.57 Å². The van der Waals surface area contributed by atoms with Crippen LogP contribution >= 0.6 is 0 Å². The van der Waals surface area contributed by atoms with Gasteiger partial charge in [-0.1, -0.05) is 30.0 Å². The highest BCUT2D eigenvalue weighted by molar-refractivity contribution is 5.95. The monoisotopic (exact) mass is 527 g/mol. The molecular formula is C25H25N3O10. The number of aliphatic hydroxyl groups excluding tert-OH is 2. The van der Waals surface area contributed by atoms with E-state index >= 15 is 0 Å². The van der Waals surface area contributed by atoms with E-state index in [2.05, 4.69) is 21.6 Å². The molecule has 0 saturated carbocycles.